The Hall–Kier alpha value is -3.60. The maximum absolute atomic E-state index is 12.3. The Morgan fingerprint density at radius 2 is 1.87 bits per heavy atom. The van der Waals surface area contributed by atoms with Gasteiger partial charge in [0.1, 0.15) is 12.4 Å². The summed E-state index contributed by atoms with van der Waals surface area (Å²) < 4.78 is 7.44. The first kappa shape index (κ1) is 21.1. The number of rotatable bonds is 9. The third-order valence-corrected chi connectivity index (χ3v) is 4.82. The standard InChI is InChI=1S/C25H27N3O2/c1-4-16-30-23-13-10-21(11-14-23)12-15-25(29)26-17-24-19(2)27-28(20(24)3)18-22-8-6-5-7-9-22/h4-15H,1,16-18H2,2-3H3,(H,26,29)/b15-12+. The van der Waals surface area contributed by atoms with Gasteiger partial charge in [-0.25, -0.2) is 0 Å². The second-order valence-electron chi connectivity index (χ2n) is 7.01. The van der Waals surface area contributed by atoms with E-state index in [0.29, 0.717) is 19.7 Å². The fourth-order valence-electron chi connectivity index (χ4n) is 3.14. The predicted octanol–water partition coefficient (Wildman–Crippen LogP) is 4.44. The first-order valence-electron chi connectivity index (χ1n) is 9.93. The molecule has 0 saturated heterocycles. The van der Waals surface area contributed by atoms with Gasteiger partial charge in [-0.3, -0.25) is 9.48 Å². The number of carbonyl (C=O) groups is 1. The summed E-state index contributed by atoms with van der Waals surface area (Å²) >= 11 is 0. The number of ether oxygens (including phenoxy) is 1. The molecule has 0 spiro atoms. The lowest BCUT2D eigenvalue weighted by atomic mass is 10.2. The molecule has 0 atom stereocenters. The summed E-state index contributed by atoms with van der Waals surface area (Å²) in [5, 5.41) is 7.59. The Balaban J connectivity index is 1.56. The van der Waals surface area contributed by atoms with E-state index in [1.165, 1.54) is 5.56 Å². The average molecular weight is 402 g/mol. The van der Waals surface area contributed by atoms with Crippen molar-refractivity contribution in [3.05, 3.63) is 101 Å². The Morgan fingerprint density at radius 1 is 1.13 bits per heavy atom. The topological polar surface area (TPSA) is 56.1 Å². The highest BCUT2D eigenvalue weighted by Crippen LogP contribution is 2.15. The molecule has 1 amide bonds. The zero-order valence-electron chi connectivity index (χ0n) is 17.5. The van der Waals surface area contributed by atoms with Crippen LogP contribution in [0, 0.1) is 13.8 Å². The molecule has 0 radical (unpaired) electrons. The molecule has 30 heavy (non-hydrogen) atoms. The molecule has 0 saturated carbocycles. The van der Waals surface area contributed by atoms with Crippen LogP contribution in [0.15, 0.2) is 73.3 Å². The van der Waals surface area contributed by atoms with E-state index in [-0.39, 0.29) is 5.91 Å². The van der Waals surface area contributed by atoms with E-state index in [1.54, 1.807) is 18.2 Å². The summed E-state index contributed by atoms with van der Waals surface area (Å²) in [7, 11) is 0. The Kier molecular flexibility index (Phi) is 7.22. The number of carbonyl (C=O) groups excluding carboxylic acids is 1. The molecule has 0 aliphatic carbocycles. The van der Waals surface area contributed by atoms with Gasteiger partial charge in [-0.1, -0.05) is 55.1 Å². The molecule has 1 heterocycles. The number of aromatic nitrogens is 2. The maximum Gasteiger partial charge on any atom is 0.244 e. The van der Waals surface area contributed by atoms with Gasteiger partial charge in [0.05, 0.1) is 12.2 Å². The largest absolute Gasteiger partial charge is 0.490 e. The lowest BCUT2D eigenvalue weighted by Gasteiger charge is -2.06. The van der Waals surface area contributed by atoms with Crippen LogP contribution in [0.2, 0.25) is 0 Å². The molecule has 154 valence electrons. The lowest BCUT2D eigenvalue weighted by Crippen LogP contribution is -2.21. The number of aryl methyl sites for hydroxylation is 1. The van der Waals surface area contributed by atoms with E-state index in [9.17, 15) is 4.79 Å². The lowest BCUT2D eigenvalue weighted by molar-refractivity contribution is -0.116. The highest BCUT2D eigenvalue weighted by atomic mass is 16.5. The number of nitrogens with zero attached hydrogens (tertiary/aromatic N) is 2. The van der Waals surface area contributed by atoms with Gasteiger partial charge in [0, 0.05) is 23.9 Å². The maximum atomic E-state index is 12.3. The third-order valence-electron chi connectivity index (χ3n) is 4.82. The summed E-state index contributed by atoms with van der Waals surface area (Å²) in [4.78, 5) is 12.3. The minimum Gasteiger partial charge on any atom is -0.490 e. The molecule has 5 heteroatoms. The monoisotopic (exact) mass is 401 g/mol. The molecule has 3 aromatic rings. The van der Waals surface area contributed by atoms with Crippen LogP contribution in [0.4, 0.5) is 0 Å². The minimum absolute atomic E-state index is 0.142. The minimum atomic E-state index is -0.142. The van der Waals surface area contributed by atoms with Gasteiger partial charge in [-0.05, 0) is 43.2 Å². The van der Waals surface area contributed by atoms with Crippen molar-refractivity contribution in [1.29, 1.82) is 0 Å². The van der Waals surface area contributed by atoms with Crippen LogP contribution >= 0.6 is 0 Å². The summed E-state index contributed by atoms with van der Waals surface area (Å²) in [5.74, 6) is 0.631. The molecule has 3 rings (SSSR count). The van der Waals surface area contributed by atoms with E-state index < -0.39 is 0 Å². The van der Waals surface area contributed by atoms with Gasteiger partial charge in [0.15, 0.2) is 0 Å². The van der Waals surface area contributed by atoms with Crippen LogP contribution in [-0.4, -0.2) is 22.3 Å². The first-order valence-corrected chi connectivity index (χ1v) is 9.93. The molecule has 0 unspecified atom stereocenters. The SMILES string of the molecule is C=CCOc1ccc(/C=C/C(=O)NCc2c(C)nn(Cc3ccccc3)c2C)cc1. The highest BCUT2D eigenvalue weighted by Gasteiger charge is 2.12. The Bertz CT molecular complexity index is 1020. The van der Waals surface area contributed by atoms with Crippen LogP contribution in [0.25, 0.3) is 6.08 Å². The van der Waals surface area contributed by atoms with E-state index in [1.807, 2.05) is 61.0 Å². The normalized spacial score (nSPS) is 10.9. The van der Waals surface area contributed by atoms with Gasteiger partial charge in [0.25, 0.3) is 0 Å². The summed E-state index contributed by atoms with van der Waals surface area (Å²) in [6, 6.07) is 17.8. The quantitative estimate of drug-likeness (QED) is 0.426. The summed E-state index contributed by atoms with van der Waals surface area (Å²) in [5.41, 5.74) is 5.18. The highest BCUT2D eigenvalue weighted by molar-refractivity contribution is 5.91. The molecular formula is C25H27N3O2. The van der Waals surface area contributed by atoms with Crippen LogP contribution in [0.5, 0.6) is 5.75 Å². The number of benzene rings is 2. The molecule has 1 aromatic heterocycles. The second-order valence-corrected chi connectivity index (χ2v) is 7.01. The van der Waals surface area contributed by atoms with E-state index in [0.717, 1.165) is 28.3 Å². The Labute approximate surface area is 177 Å². The van der Waals surface area contributed by atoms with Gasteiger partial charge in [-0.15, -0.1) is 0 Å². The van der Waals surface area contributed by atoms with Crippen molar-refractivity contribution in [3.8, 4) is 5.75 Å². The Morgan fingerprint density at radius 3 is 2.57 bits per heavy atom. The predicted molar refractivity (Wildman–Crippen MR) is 120 cm³/mol. The molecule has 0 fully saturated rings. The van der Waals surface area contributed by atoms with Gasteiger partial charge in [0.2, 0.25) is 5.91 Å². The molecule has 0 aliphatic rings. The van der Waals surface area contributed by atoms with E-state index in [4.69, 9.17) is 4.74 Å². The van der Waals surface area contributed by atoms with E-state index in [2.05, 4.69) is 29.1 Å². The molecule has 0 aliphatic heterocycles. The van der Waals surface area contributed by atoms with Crippen molar-refractivity contribution in [1.82, 2.24) is 15.1 Å². The van der Waals surface area contributed by atoms with Crippen molar-refractivity contribution in [2.75, 3.05) is 6.61 Å². The fraction of sp³-hybridized carbons (Fsp3) is 0.200. The smallest absolute Gasteiger partial charge is 0.244 e. The number of nitrogens with one attached hydrogen (secondary N) is 1. The van der Waals surface area contributed by atoms with Crippen molar-refractivity contribution in [3.63, 3.8) is 0 Å². The zero-order chi connectivity index (χ0) is 21.3. The third kappa shape index (κ3) is 5.70. The molecule has 5 nitrogen and oxygen atoms in total. The zero-order valence-corrected chi connectivity index (χ0v) is 17.5. The van der Waals surface area contributed by atoms with Crippen LogP contribution in [0.3, 0.4) is 0 Å². The molecule has 0 bridgehead atoms. The van der Waals surface area contributed by atoms with Gasteiger partial charge < -0.3 is 10.1 Å². The van der Waals surface area contributed by atoms with Crippen LogP contribution in [-0.2, 0) is 17.9 Å². The van der Waals surface area contributed by atoms with Crippen LogP contribution < -0.4 is 10.1 Å². The average Bonchev–Trinajstić information content (AvgIpc) is 3.03. The molecule has 1 N–H and O–H groups in total. The first-order chi connectivity index (χ1) is 14.6. The number of amides is 1. The van der Waals surface area contributed by atoms with Crippen LogP contribution in [0.1, 0.15) is 28.1 Å². The molecule has 2 aromatic carbocycles. The number of hydrogen-bond acceptors (Lipinski definition) is 3. The summed E-state index contributed by atoms with van der Waals surface area (Å²) in [6.45, 7) is 9.27. The number of hydrogen-bond donors (Lipinski definition) is 1. The van der Waals surface area contributed by atoms with Crippen molar-refractivity contribution < 1.29 is 9.53 Å². The summed E-state index contributed by atoms with van der Waals surface area (Å²) in [6.07, 6.45) is 5.02. The second kappa shape index (κ2) is 10.3. The fourth-order valence-corrected chi connectivity index (χ4v) is 3.14. The van der Waals surface area contributed by atoms with E-state index >= 15 is 0 Å². The van der Waals surface area contributed by atoms with Crippen molar-refractivity contribution in [2.24, 2.45) is 0 Å². The van der Waals surface area contributed by atoms with Gasteiger partial charge in [-0.2, -0.15) is 5.10 Å². The van der Waals surface area contributed by atoms with Crippen molar-refractivity contribution >= 4 is 12.0 Å². The molecular weight excluding hydrogens is 374 g/mol. The van der Waals surface area contributed by atoms with Crippen molar-refractivity contribution in [2.45, 2.75) is 26.9 Å². The van der Waals surface area contributed by atoms with Gasteiger partial charge >= 0.3 is 0 Å².